The standard InChI is InChI=1S/C17H21NO/c1-12-8-14(3)16(9-13(12)2)11-18-10-15-6-4-5-7-17(15)19/h4-9,18-19H,10-11H2,1-3H3. The number of aromatic hydroxyl groups is 1. The van der Waals surface area contributed by atoms with Crippen molar-refractivity contribution in [3.8, 4) is 5.75 Å². The summed E-state index contributed by atoms with van der Waals surface area (Å²) < 4.78 is 0. The Hall–Kier alpha value is -1.80. The van der Waals surface area contributed by atoms with E-state index in [1.807, 2.05) is 18.2 Å². The average Bonchev–Trinajstić information content (AvgIpc) is 2.38. The van der Waals surface area contributed by atoms with E-state index in [1.54, 1.807) is 6.07 Å². The molecule has 100 valence electrons. The van der Waals surface area contributed by atoms with Gasteiger partial charge in [-0.1, -0.05) is 30.3 Å². The van der Waals surface area contributed by atoms with E-state index in [0.29, 0.717) is 12.3 Å². The van der Waals surface area contributed by atoms with Crippen LogP contribution in [0.15, 0.2) is 36.4 Å². The molecule has 0 aliphatic heterocycles. The number of aryl methyl sites for hydroxylation is 3. The van der Waals surface area contributed by atoms with Gasteiger partial charge in [0, 0.05) is 18.7 Å². The van der Waals surface area contributed by atoms with Crippen LogP contribution >= 0.6 is 0 Å². The Morgan fingerprint density at radius 1 is 0.842 bits per heavy atom. The molecule has 2 heteroatoms. The van der Waals surface area contributed by atoms with Crippen LogP contribution in [-0.4, -0.2) is 5.11 Å². The second-order valence-corrected chi connectivity index (χ2v) is 5.10. The average molecular weight is 255 g/mol. The number of phenolic OH excluding ortho intramolecular Hbond substituents is 1. The highest BCUT2D eigenvalue weighted by Crippen LogP contribution is 2.17. The first kappa shape index (κ1) is 13.6. The Balaban J connectivity index is 2.00. The number of para-hydroxylation sites is 1. The van der Waals surface area contributed by atoms with Crippen molar-refractivity contribution >= 4 is 0 Å². The third-order valence-corrected chi connectivity index (χ3v) is 3.57. The highest BCUT2D eigenvalue weighted by atomic mass is 16.3. The summed E-state index contributed by atoms with van der Waals surface area (Å²) >= 11 is 0. The molecule has 0 saturated carbocycles. The van der Waals surface area contributed by atoms with Gasteiger partial charge < -0.3 is 10.4 Å². The fourth-order valence-corrected chi connectivity index (χ4v) is 2.20. The minimum absolute atomic E-state index is 0.354. The quantitative estimate of drug-likeness (QED) is 0.874. The summed E-state index contributed by atoms with van der Waals surface area (Å²) in [6.45, 7) is 7.92. The zero-order valence-corrected chi connectivity index (χ0v) is 11.8. The van der Waals surface area contributed by atoms with Gasteiger partial charge in [0.1, 0.15) is 5.75 Å². The molecule has 0 unspecified atom stereocenters. The van der Waals surface area contributed by atoms with Crippen LogP contribution in [0, 0.1) is 20.8 Å². The molecule has 0 radical (unpaired) electrons. The van der Waals surface area contributed by atoms with Gasteiger partial charge in [0.15, 0.2) is 0 Å². The molecule has 19 heavy (non-hydrogen) atoms. The van der Waals surface area contributed by atoms with E-state index < -0.39 is 0 Å². The fraction of sp³-hybridized carbons (Fsp3) is 0.294. The summed E-state index contributed by atoms with van der Waals surface area (Å²) in [4.78, 5) is 0. The summed E-state index contributed by atoms with van der Waals surface area (Å²) in [6, 6.07) is 11.9. The van der Waals surface area contributed by atoms with E-state index >= 15 is 0 Å². The smallest absolute Gasteiger partial charge is 0.120 e. The molecule has 0 spiro atoms. The second kappa shape index (κ2) is 5.89. The Kier molecular flexibility index (Phi) is 4.23. The molecule has 0 aliphatic carbocycles. The van der Waals surface area contributed by atoms with Crippen LogP contribution < -0.4 is 5.32 Å². The Bertz CT molecular complexity index is 575. The minimum atomic E-state index is 0.354. The van der Waals surface area contributed by atoms with Crippen molar-refractivity contribution in [2.24, 2.45) is 0 Å². The highest BCUT2D eigenvalue weighted by molar-refractivity contribution is 5.36. The molecule has 0 bridgehead atoms. The monoisotopic (exact) mass is 255 g/mol. The van der Waals surface area contributed by atoms with Crippen LogP contribution in [0.5, 0.6) is 5.75 Å². The lowest BCUT2D eigenvalue weighted by Gasteiger charge is -2.11. The highest BCUT2D eigenvalue weighted by Gasteiger charge is 2.03. The second-order valence-electron chi connectivity index (χ2n) is 5.10. The number of hydrogen-bond acceptors (Lipinski definition) is 2. The number of nitrogens with one attached hydrogen (secondary N) is 1. The molecule has 0 heterocycles. The lowest BCUT2D eigenvalue weighted by atomic mass is 10.0. The first-order chi connectivity index (χ1) is 9.08. The van der Waals surface area contributed by atoms with Crippen LogP contribution in [0.3, 0.4) is 0 Å². The van der Waals surface area contributed by atoms with Gasteiger partial charge in [0.05, 0.1) is 0 Å². The normalized spacial score (nSPS) is 10.7. The van der Waals surface area contributed by atoms with Gasteiger partial charge in [-0.15, -0.1) is 0 Å². The maximum absolute atomic E-state index is 9.70. The van der Waals surface area contributed by atoms with Crippen LogP contribution in [0.4, 0.5) is 0 Å². The molecular formula is C17H21NO. The van der Waals surface area contributed by atoms with E-state index in [1.165, 1.54) is 22.3 Å². The molecule has 2 aromatic carbocycles. The zero-order chi connectivity index (χ0) is 13.8. The first-order valence-electron chi connectivity index (χ1n) is 6.62. The maximum Gasteiger partial charge on any atom is 0.120 e. The van der Waals surface area contributed by atoms with Gasteiger partial charge in [0.25, 0.3) is 0 Å². The van der Waals surface area contributed by atoms with E-state index in [4.69, 9.17) is 0 Å². The van der Waals surface area contributed by atoms with Crippen molar-refractivity contribution in [2.75, 3.05) is 0 Å². The van der Waals surface area contributed by atoms with E-state index in [-0.39, 0.29) is 0 Å². The van der Waals surface area contributed by atoms with Crippen molar-refractivity contribution in [3.05, 3.63) is 64.2 Å². The molecule has 2 nitrogen and oxygen atoms in total. The molecular weight excluding hydrogens is 234 g/mol. The zero-order valence-electron chi connectivity index (χ0n) is 11.8. The number of rotatable bonds is 4. The number of hydrogen-bond donors (Lipinski definition) is 2. The van der Waals surface area contributed by atoms with Crippen LogP contribution in [-0.2, 0) is 13.1 Å². The topological polar surface area (TPSA) is 32.3 Å². The molecule has 2 rings (SSSR count). The largest absolute Gasteiger partial charge is 0.508 e. The summed E-state index contributed by atoms with van der Waals surface area (Å²) in [6.07, 6.45) is 0. The molecule has 0 saturated heterocycles. The van der Waals surface area contributed by atoms with Crippen molar-refractivity contribution in [1.29, 1.82) is 0 Å². The summed E-state index contributed by atoms with van der Waals surface area (Å²) in [5.41, 5.74) is 6.22. The Labute approximate surface area is 115 Å². The minimum Gasteiger partial charge on any atom is -0.508 e. The van der Waals surface area contributed by atoms with Gasteiger partial charge >= 0.3 is 0 Å². The van der Waals surface area contributed by atoms with Gasteiger partial charge in [0.2, 0.25) is 0 Å². The summed E-state index contributed by atoms with van der Waals surface area (Å²) in [7, 11) is 0. The number of benzene rings is 2. The first-order valence-corrected chi connectivity index (χ1v) is 6.62. The Morgan fingerprint density at radius 2 is 1.47 bits per heavy atom. The predicted octanol–water partition coefficient (Wildman–Crippen LogP) is 3.61. The lowest BCUT2D eigenvalue weighted by Crippen LogP contribution is -2.14. The third kappa shape index (κ3) is 3.36. The predicted molar refractivity (Wildman–Crippen MR) is 79.3 cm³/mol. The van der Waals surface area contributed by atoms with E-state index in [9.17, 15) is 5.11 Å². The summed E-state index contributed by atoms with van der Waals surface area (Å²) in [5, 5.41) is 13.1. The Morgan fingerprint density at radius 3 is 2.21 bits per heavy atom. The SMILES string of the molecule is Cc1cc(C)c(CNCc2ccccc2O)cc1C. The van der Waals surface area contributed by atoms with Gasteiger partial charge in [-0.05, 0) is 49.1 Å². The van der Waals surface area contributed by atoms with E-state index in [0.717, 1.165) is 12.1 Å². The van der Waals surface area contributed by atoms with Crippen molar-refractivity contribution in [1.82, 2.24) is 5.32 Å². The van der Waals surface area contributed by atoms with Crippen LogP contribution in [0.2, 0.25) is 0 Å². The van der Waals surface area contributed by atoms with Crippen LogP contribution in [0.25, 0.3) is 0 Å². The van der Waals surface area contributed by atoms with Crippen molar-refractivity contribution in [2.45, 2.75) is 33.9 Å². The maximum atomic E-state index is 9.70. The number of phenols is 1. The fourth-order valence-electron chi connectivity index (χ4n) is 2.20. The molecule has 0 aliphatic rings. The van der Waals surface area contributed by atoms with E-state index in [2.05, 4.69) is 38.2 Å². The molecule has 0 atom stereocenters. The van der Waals surface area contributed by atoms with Gasteiger partial charge in [-0.3, -0.25) is 0 Å². The summed E-state index contributed by atoms with van der Waals surface area (Å²) in [5.74, 6) is 0.354. The molecule has 0 aromatic heterocycles. The van der Waals surface area contributed by atoms with Crippen molar-refractivity contribution in [3.63, 3.8) is 0 Å². The molecule has 2 N–H and O–H groups in total. The molecule has 0 fully saturated rings. The van der Waals surface area contributed by atoms with Crippen LogP contribution in [0.1, 0.15) is 27.8 Å². The van der Waals surface area contributed by atoms with Crippen molar-refractivity contribution < 1.29 is 5.11 Å². The van der Waals surface area contributed by atoms with Gasteiger partial charge in [-0.2, -0.15) is 0 Å². The molecule has 0 amide bonds. The molecule has 2 aromatic rings. The lowest BCUT2D eigenvalue weighted by molar-refractivity contribution is 0.464. The third-order valence-electron chi connectivity index (χ3n) is 3.57. The van der Waals surface area contributed by atoms with Gasteiger partial charge in [-0.25, -0.2) is 0 Å².